The zero-order chi connectivity index (χ0) is 19.1. The van der Waals surface area contributed by atoms with Gasteiger partial charge in [-0.25, -0.2) is 0 Å². The number of benzene rings is 1. The molecule has 142 valence electrons. The molecule has 1 aliphatic carbocycles. The second kappa shape index (κ2) is 6.60. The number of amides is 2. The molecule has 5 heteroatoms. The number of nitrogens with zero attached hydrogens (tertiary/aromatic N) is 1. The minimum Gasteiger partial charge on any atom is -0.497 e. The van der Waals surface area contributed by atoms with Gasteiger partial charge in [-0.2, -0.15) is 0 Å². The second-order valence-corrected chi connectivity index (χ2v) is 9.12. The first kappa shape index (κ1) is 18.7. The average Bonchev–Trinajstić information content (AvgIpc) is 2.82. The summed E-state index contributed by atoms with van der Waals surface area (Å²) >= 11 is 0. The van der Waals surface area contributed by atoms with E-state index in [4.69, 9.17) is 4.74 Å². The summed E-state index contributed by atoms with van der Waals surface area (Å²) in [4.78, 5) is 27.2. The van der Waals surface area contributed by atoms with Crippen molar-refractivity contribution in [2.75, 3.05) is 13.7 Å². The molecule has 2 bridgehead atoms. The van der Waals surface area contributed by atoms with Crippen molar-refractivity contribution in [1.82, 2.24) is 10.2 Å². The van der Waals surface area contributed by atoms with Crippen molar-refractivity contribution in [3.8, 4) is 5.75 Å². The van der Waals surface area contributed by atoms with Gasteiger partial charge in [-0.15, -0.1) is 0 Å². The first-order valence-electron chi connectivity index (χ1n) is 9.38. The highest BCUT2D eigenvalue weighted by Gasteiger charge is 2.51. The van der Waals surface area contributed by atoms with Crippen LogP contribution in [0.25, 0.3) is 0 Å². The van der Waals surface area contributed by atoms with Gasteiger partial charge in [0, 0.05) is 12.6 Å². The molecule has 1 saturated heterocycles. The molecule has 2 amide bonds. The Balaban J connectivity index is 1.65. The van der Waals surface area contributed by atoms with Gasteiger partial charge in [-0.05, 0) is 54.7 Å². The third kappa shape index (κ3) is 3.71. The summed E-state index contributed by atoms with van der Waals surface area (Å²) in [6.45, 7) is 9.34. The molecule has 0 radical (unpaired) electrons. The van der Waals surface area contributed by atoms with E-state index in [-0.39, 0.29) is 22.9 Å². The van der Waals surface area contributed by atoms with Gasteiger partial charge in [0.25, 0.3) is 0 Å². The fourth-order valence-corrected chi connectivity index (χ4v) is 5.06. The maximum atomic E-state index is 12.8. The van der Waals surface area contributed by atoms with Gasteiger partial charge in [0.05, 0.1) is 13.2 Å². The number of carbonyl (C=O) groups excluding carboxylic acids is 2. The van der Waals surface area contributed by atoms with Crippen LogP contribution in [0.3, 0.4) is 0 Å². The maximum Gasteiger partial charge on any atom is 0.312 e. The lowest BCUT2D eigenvalue weighted by molar-refractivity contribution is -0.147. The average molecular weight is 358 g/mol. The topological polar surface area (TPSA) is 58.6 Å². The highest BCUT2D eigenvalue weighted by molar-refractivity contribution is 6.35. The molecule has 3 atom stereocenters. The van der Waals surface area contributed by atoms with Crippen LogP contribution < -0.4 is 10.1 Å². The summed E-state index contributed by atoms with van der Waals surface area (Å²) in [6.07, 6.45) is 3.07. The monoisotopic (exact) mass is 358 g/mol. The molecule has 3 unspecified atom stereocenters. The minimum atomic E-state index is -0.512. The minimum absolute atomic E-state index is 0.129. The molecule has 1 aliphatic heterocycles. The lowest BCUT2D eigenvalue weighted by Gasteiger charge is -2.39. The van der Waals surface area contributed by atoms with E-state index < -0.39 is 11.8 Å². The van der Waals surface area contributed by atoms with Crippen LogP contribution in [0, 0.1) is 10.8 Å². The van der Waals surface area contributed by atoms with Gasteiger partial charge in [0.15, 0.2) is 0 Å². The van der Waals surface area contributed by atoms with Gasteiger partial charge < -0.3 is 15.0 Å². The smallest absolute Gasteiger partial charge is 0.312 e. The molecule has 1 aromatic carbocycles. The molecule has 1 heterocycles. The Bertz CT molecular complexity index is 698. The highest BCUT2D eigenvalue weighted by Crippen LogP contribution is 2.52. The largest absolute Gasteiger partial charge is 0.497 e. The number of hydrogen-bond acceptors (Lipinski definition) is 3. The van der Waals surface area contributed by atoms with Crippen LogP contribution in [-0.2, 0) is 9.59 Å². The summed E-state index contributed by atoms with van der Waals surface area (Å²) in [5, 5.41) is 2.85. The van der Waals surface area contributed by atoms with Crippen molar-refractivity contribution >= 4 is 11.8 Å². The fourth-order valence-electron chi connectivity index (χ4n) is 5.06. The standard InChI is InChI=1S/C21H30N2O3/c1-14(15-6-8-17(26-5)9-7-15)22-18(24)19(25)23-13-21(4)11-16(23)10-20(2,3)12-21/h6-9,14,16H,10-13H2,1-5H3,(H,22,24). The number of nitrogens with one attached hydrogen (secondary N) is 1. The van der Waals surface area contributed by atoms with Gasteiger partial charge in [-0.1, -0.05) is 32.9 Å². The summed E-state index contributed by atoms with van der Waals surface area (Å²) < 4.78 is 5.15. The van der Waals surface area contributed by atoms with Crippen molar-refractivity contribution in [2.24, 2.45) is 10.8 Å². The normalized spacial score (nSPS) is 27.7. The van der Waals surface area contributed by atoms with Crippen LogP contribution in [0.2, 0.25) is 0 Å². The first-order chi connectivity index (χ1) is 12.1. The Kier molecular flexibility index (Phi) is 4.76. The van der Waals surface area contributed by atoms with Crippen molar-refractivity contribution < 1.29 is 14.3 Å². The maximum absolute atomic E-state index is 12.8. The summed E-state index contributed by atoms with van der Waals surface area (Å²) in [5.74, 6) is -0.136. The predicted molar refractivity (Wildman–Crippen MR) is 101 cm³/mol. The molecule has 1 saturated carbocycles. The quantitative estimate of drug-likeness (QED) is 0.844. The molecule has 26 heavy (non-hydrogen) atoms. The van der Waals surface area contributed by atoms with E-state index >= 15 is 0 Å². The predicted octanol–water partition coefficient (Wildman–Crippen LogP) is 3.30. The van der Waals surface area contributed by atoms with E-state index in [1.807, 2.05) is 36.1 Å². The van der Waals surface area contributed by atoms with E-state index in [1.54, 1.807) is 7.11 Å². The van der Waals surface area contributed by atoms with Crippen molar-refractivity contribution in [2.45, 2.75) is 59.0 Å². The number of carbonyl (C=O) groups is 2. The lowest BCUT2D eigenvalue weighted by atomic mass is 9.65. The van der Waals surface area contributed by atoms with E-state index in [0.29, 0.717) is 6.54 Å². The first-order valence-corrected chi connectivity index (χ1v) is 9.38. The van der Waals surface area contributed by atoms with Gasteiger partial charge in [0.1, 0.15) is 5.75 Å². The Morgan fingerprint density at radius 3 is 2.46 bits per heavy atom. The van der Waals surface area contributed by atoms with Crippen LogP contribution >= 0.6 is 0 Å². The van der Waals surface area contributed by atoms with Gasteiger partial charge >= 0.3 is 11.8 Å². The van der Waals surface area contributed by atoms with Crippen molar-refractivity contribution in [3.05, 3.63) is 29.8 Å². The fraction of sp³-hybridized carbons (Fsp3) is 0.619. The molecule has 0 spiro atoms. The van der Waals surface area contributed by atoms with E-state index in [9.17, 15) is 9.59 Å². The Morgan fingerprint density at radius 2 is 1.85 bits per heavy atom. The highest BCUT2D eigenvalue weighted by atomic mass is 16.5. The van der Waals surface area contributed by atoms with Crippen LogP contribution in [0.5, 0.6) is 5.75 Å². The van der Waals surface area contributed by atoms with Crippen LogP contribution in [-0.4, -0.2) is 36.4 Å². The Morgan fingerprint density at radius 1 is 1.19 bits per heavy atom. The molecule has 1 aromatic rings. The molecule has 5 nitrogen and oxygen atoms in total. The summed E-state index contributed by atoms with van der Waals surface area (Å²) in [6, 6.07) is 7.46. The molecule has 1 N–H and O–H groups in total. The number of ether oxygens (including phenoxy) is 1. The Labute approximate surface area is 156 Å². The number of methoxy groups -OCH3 is 1. The van der Waals surface area contributed by atoms with Gasteiger partial charge in [0.2, 0.25) is 0 Å². The Hall–Kier alpha value is -2.04. The molecule has 2 fully saturated rings. The molecule has 3 rings (SSSR count). The van der Waals surface area contributed by atoms with Crippen LogP contribution in [0.4, 0.5) is 0 Å². The number of fused-ring (bicyclic) bond motifs is 2. The molecular weight excluding hydrogens is 328 g/mol. The number of hydrogen-bond donors (Lipinski definition) is 1. The zero-order valence-corrected chi connectivity index (χ0v) is 16.5. The van der Waals surface area contributed by atoms with Crippen molar-refractivity contribution in [3.63, 3.8) is 0 Å². The number of rotatable bonds is 3. The third-order valence-electron chi connectivity index (χ3n) is 5.83. The van der Waals surface area contributed by atoms with Crippen LogP contribution in [0.15, 0.2) is 24.3 Å². The lowest BCUT2D eigenvalue weighted by Crippen LogP contribution is -2.46. The summed E-state index contributed by atoms with van der Waals surface area (Å²) in [5.41, 5.74) is 1.30. The summed E-state index contributed by atoms with van der Waals surface area (Å²) in [7, 11) is 1.62. The second-order valence-electron chi connectivity index (χ2n) is 9.12. The SMILES string of the molecule is COc1ccc(C(C)NC(=O)C(=O)N2CC3(C)CC2CC(C)(C)C3)cc1. The molecular formula is C21H30N2O3. The third-order valence-corrected chi connectivity index (χ3v) is 5.83. The molecule has 0 aromatic heterocycles. The van der Waals surface area contributed by atoms with E-state index in [2.05, 4.69) is 26.1 Å². The van der Waals surface area contributed by atoms with E-state index in [0.717, 1.165) is 30.6 Å². The molecule has 2 aliphatic rings. The van der Waals surface area contributed by atoms with Crippen LogP contribution in [0.1, 0.15) is 58.6 Å². The van der Waals surface area contributed by atoms with Crippen molar-refractivity contribution in [1.29, 1.82) is 0 Å². The van der Waals surface area contributed by atoms with E-state index in [1.165, 1.54) is 0 Å². The zero-order valence-electron chi connectivity index (χ0n) is 16.5. The van der Waals surface area contributed by atoms with Gasteiger partial charge in [-0.3, -0.25) is 9.59 Å². The number of likely N-dealkylation sites (tertiary alicyclic amines) is 1.